The zero-order valence-corrected chi connectivity index (χ0v) is 12.8. The smallest absolute Gasteiger partial charge is 0.251 e. The molecule has 0 aliphatic carbocycles. The van der Waals surface area contributed by atoms with Crippen LogP contribution in [0.2, 0.25) is 0 Å². The predicted octanol–water partition coefficient (Wildman–Crippen LogP) is 4.60. The van der Waals surface area contributed by atoms with Gasteiger partial charge in [-0.15, -0.1) is 0 Å². The molecule has 2 heteroatoms. The van der Waals surface area contributed by atoms with Gasteiger partial charge in [-0.2, -0.15) is 0 Å². The zero-order valence-electron chi connectivity index (χ0n) is 12.8. The first-order valence-corrected chi connectivity index (χ1v) is 7.25. The molecular weight excluding hydrogens is 258 g/mol. The number of benzene rings is 2. The summed E-state index contributed by atoms with van der Waals surface area (Å²) in [6.07, 6.45) is 2.80. The number of anilines is 1. The van der Waals surface area contributed by atoms with Crippen molar-refractivity contribution in [3.8, 4) is 0 Å². The van der Waals surface area contributed by atoms with E-state index in [4.69, 9.17) is 0 Å². The molecule has 1 N–H and O–H groups in total. The number of nitrogens with one attached hydrogen (secondary N) is 1. The molecule has 0 atom stereocenters. The third-order valence-corrected chi connectivity index (χ3v) is 3.52. The van der Waals surface area contributed by atoms with Crippen molar-refractivity contribution in [2.75, 3.05) is 5.32 Å². The fourth-order valence-electron chi connectivity index (χ4n) is 2.28. The summed E-state index contributed by atoms with van der Waals surface area (Å²) in [6, 6.07) is 16.0. The van der Waals surface area contributed by atoms with Gasteiger partial charge in [-0.25, -0.2) is 0 Å². The molecule has 0 unspecified atom stereocenters. The summed E-state index contributed by atoms with van der Waals surface area (Å²) in [4.78, 5) is 12.4. The van der Waals surface area contributed by atoms with Crippen LogP contribution in [0.5, 0.6) is 0 Å². The third-order valence-electron chi connectivity index (χ3n) is 3.52. The molecule has 0 heterocycles. The van der Waals surface area contributed by atoms with Gasteiger partial charge in [-0.1, -0.05) is 55.5 Å². The Morgan fingerprint density at radius 2 is 1.81 bits per heavy atom. The average molecular weight is 279 g/mol. The Morgan fingerprint density at radius 1 is 1.10 bits per heavy atom. The number of hydrogen-bond acceptors (Lipinski definition) is 1. The van der Waals surface area contributed by atoms with Crippen LogP contribution in [0.1, 0.15) is 30.5 Å². The second kappa shape index (κ2) is 6.89. The zero-order chi connectivity index (χ0) is 15.2. The Labute approximate surface area is 126 Å². The number of carbonyl (C=O) groups is 1. The van der Waals surface area contributed by atoms with E-state index in [0.29, 0.717) is 5.57 Å². The third kappa shape index (κ3) is 3.82. The Balaban J connectivity index is 2.21. The second-order valence-electron chi connectivity index (χ2n) is 5.15. The number of rotatable bonds is 4. The molecule has 0 spiro atoms. The quantitative estimate of drug-likeness (QED) is 0.814. The molecule has 0 bridgehead atoms. The van der Waals surface area contributed by atoms with Crippen LogP contribution in [0, 0.1) is 6.92 Å². The van der Waals surface area contributed by atoms with Crippen LogP contribution in [-0.4, -0.2) is 5.91 Å². The van der Waals surface area contributed by atoms with Crippen molar-refractivity contribution in [1.29, 1.82) is 0 Å². The maximum atomic E-state index is 12.4. The lowest BCUT2D eigenvalue weighted by Gasteiger charge is -2.13. The molecule has 2 rings (SSSR count). The first-order valence-electron chi connectivity index (χ1n) is 7.25. The van der Waals surface area contributed by atoms with E-state index < -0.39 is 0 Å². The molecule has 0 aliphatic heterocycles. The summed E-state index contributed by atoms with van der Waals surface area (Å²) in [6.45, 7) is 5.95. The highest BCUT2D eigenvalue weighted by Gasteiger charge is 2.10. The van der Waals surface area contributed by atoms with Crippen LogP contribution in [0.4, 0.5) is 5.69 Å². The summed E-state index contributed by atoms with van der Waals surface area (Å²) in [5.74, 6) is -0.0529. The molecule has 2 nitrogen and oxygen atoms in total. The standard InChI is InChI=1S/C19H21NO/c1-4-17-12-8-9-14(2)18(17)20-19(21)15(3)13-16-10-6-5-7-11-16/h5-13H,4H2,1-3H3,(H,20,21). The molecule has 0 saturated heterocycles. The number of hydrogen-bond donors (Lipinski definition) is 1. The first-order chi connectivity index (χ1) is 10.1. The molecule has 2 aromatic carbocycles. The van der Waals surface area contributed by atoms with Crippen LogP contribution >= 0.6 is 0 Å². The lowest BCUT2D eigenvalue weighted by atomic mass is 10.1. The highest BCUT2D eigenvalue weighted by molar-refractivity contribution is 6.06. The van der Waals surface area contributed by atoms with E-state index in [1.807, 2.05) is 62.4 Å². The van der Waals surface area contributed by atoms with Gasteiger partial charge >= 0.3 is 0 Å². The maximum absolute atomic E-state index is 12.4. The monoisotopic (exact) mass is 279 g/mol. The summed E-state index contributed by atoms with van der Waals surface area (Å²) in [5, 5.41) is 3.04. The minimum Gasteiger partial charge on any atom is -0.322 e. The van der Waals surface area contributed by atoms with E-state index >= 15 is 0 Å². The van der Waals surface area contributed by atoms with E-state index in [1.165, 1.54) is 0 Å². The lowest BCUT2D eigenvalue weighted by molar-refractivity contribution is -0.112. The van der Waals surface area contributed by atoms with Gasteiger partial charge in [0, 0.05) is 11.3 Å². The fourth-order valence-corrected chi connectivity index (χ4v) is 2.28. The number of amides is 1. The summed E-state index contributed by atoms with van der Waals surface area (Å²) in [7, 11) is 0. The van der Waals surface area contributed by atoms with Crippen LogP contribution in [0.3, 0.4) is 0 Å². The molecule has 0 radical (unpaired) electrons. The molecule has 0 fully saturated rings. The van der Waals surface area contributed by atoms with Crippen molar-refractivity contribution in [3.63, 3.8) is 0 Å². The lowest BCUT2D eigenvalue weighted by Crippen LogP contribution is -2.14. The minimum atomic E-state index is -0.0529. The van der Waals surface area contributed by atoms with Gasteiger partial charge in [0.25, 0.3) is 5.91 Å². The molecule has 108 valence electrons. The minimum absolute atomic E-state index is 0.0529. The van der Waals surface area contributed by atoms with Crippen LogP contribution in [-0.2, 0) is 11.2 Å². The molecule has 0 aromatic heterocycles. The highest BCUT2D eigenvalue weighted by Crippen LogP contribution is 2.22. The van der Waals surface area contributed by atoms with Crippen molar-refractivity contribution >= 4 is 17.7 Å². The van der Waals surface area contributed by atoms with Crippen molar-refractivity contribution in [3.05, 3.63) is 70.8 Å². The van der Waals surface area contributed by atoms with Crippen molar-refractivity contribution in [2.24, 2.45) is 0 Å². The van der Waals surface area contributed by atoms with Crippen LogP contribution < -0.4 is 5.32 Å². The Hall–Kier alpha value is -2.35. The van der Waals surface area contributed by atoms with Crippen LogP contribution in [0.25, 0.3) is 6.08 Å². The van der Waals surface area contributed by atoms with E-state index in [-0.39, 0.29) is 5.91 Å². The van der Waals surface area contributed by atoms with E-state index in [0.717, 1.165) is 28.8 Å². The van der Waals surface area contributed by atoms with E-state index in [2.05, 4.69) is 18.3 Å². The normalized spacial score (nSPS) is 11.3. The summed E-state index contributed by atoms with van der Waals surface area (Å²) < 4.78 is 0. The van der Waals surface area contributed by atoms with Gasteiger partial charge in [0.2, 0.25) is 0 Å². The summed E-state index contributed by atoms with van der Waals surface area (Å²) >= 11 is 0. The van der Waals surface area contributed by atoms with E-state index in [9.17, 15) is 4.79 Å². The van der Waals surface area contributed by atoms with Gasteiger partial charge < -0.3 is 5.32 Å². The Bertz CT molecular complexity index is 657. The maximum Gasteiger partial charge on any atom is 0.251 e. The Morgan fingerprint density at radius 3 is 2.48 bits per heavy atom. The van der Waals surface area contributed by atoms with E-state index in [1.54, 1.807) is 0 Å². The van der Waals surface area contributed by atoms with Gasteiger partial charge in [0.15, 0.2) is 0 Å². The molecule has 1 amide bonds. The summed E-state index contributed by atoms with van der Waals surface area (Å²) in [5.41, 5.74) is 4.93. The number of aryl methyl sites for hydroxylation is 2. The van der Waals surface area contributed by atoms with Gasteiger partial charge in [-0.05, 0) is 43.0 Å². The van der Waals surface area contributed by atoms with Crippen molar-refractivity contribution in [1.82, 2.24) is 0 Å². The van der Waals surface area contributed by atoms with Crippen LogP contribution in [0.15, 0.2) is 54.1 Å². The SMILES string of the molecule is CCc1cccc(C)c1NC(=O)C(C)=Cc1ccccc1. The average Bonchev–Trinajstić information content (AvgIpc) is 2.50. The number of para-hydroxylation sites is 1. The second-order valence-corrected chi connectivity index (χ2v) is 5.15. The number of carbonyl (C=O) groups excluding carboxylic acids is 1. The van der Waals surface area contributed by atoms with Gasteiger partial charge in [-0.3, -0.25) is 4.79 Å². The molecule has 2 aromatic rings. The molecular formula is C19H21NO. The topological polar surface area (TPSA) is 29.1 Å². The predicted molar refractivity (Wildman–Crippen MR) is 89.3 cm³/mol. The fraction of sp³-hybridized carbons (Fsp3) is 0.211. The molecule has 0 saturated carbocycles. The van der Waals surface area contributed by atoms with Crippen molar-refractivity contribution < 1.29 is 4.79 Å². The Kier molecular flexibility index (Phi) is 4.94. The molecule has 21 heavy (non-hydrogen) atoms. The van der Waals surface area contributed by atoms with Gasteiger partial charge in [0.1, 0.15) is 0 Å². The highest BCUT2D eigenvalue weighted by atomic mass is 16.1. The molecule has 0 aliphatic rings. The largest absolute Gasteiger partial charge is 0.322 e. The van der Waals surface area contributed by atoms with Crippen molar-refractivity contribution in [2.45, 2.75) is 27.2 Å². The first kappa shape index (κ1) is 15.0. The van der Waals surface area contributed by atoms with Gasteiger partial charge in [0.05, 0.1) is 0 Å².